The van der Waals surface area contributed by atoms with E-state index in [0.717, 1.165) is 16.8 Å². The first-order chi connectivity index (χ1) is 12.4. The third kappa shape index (κ3) is 3.25. The van der Waals surface area contributed by atoms with Gasteiger partial charge in [-0.2, -0.15) is 0 Å². The minimum absolute atomic E-state index is 0.0923. The molecule has 1 heterocycles. The summed E-state index contributed by atoms with van der Waals surface area (Å²) in [5, 5.41) is 11.6. The Morgan fingerprint density at radius 3 is 2.35 bits per heavy atom. The zero-order valence-corrected chi connectivity index (χ0v) is 14.5. The second-order valence-corrected chi connectivity index (χ2v) is 6.34. The van der Waals surface area contributed by atoms with Crippen LogP contribution in [0.2, 0.25) is 0 Å². The van der Waals surface area contributed by atoms with Crippen LogP contribution in [-0.4, -0.2) is 29.6 Å². The number of nitrogens with zero attached hydrogens (tertiary/aromatic N) is 1. The number of carbonyl (C=O) groups is 2. The average molecular weight is 357 g/mol. The molecule has 0 radical (unpaired) electrons. The molecule has 0 aromatic heterocycles. The first kappa shape index (κ1) is 17.9. The van der Waals surface area contributed by atoms with Gasteiger partial charge in [0, 0.05) is 23.5 Å². The summed E-state index contributed by atoms with van der Waals surface area (Å²) >= 11 is 0. The second-order valence-electron chi connectivity index (χ2n) is 6.34. The Kier molecular flexibility index (Phi) is 4.90. The van der Waals surface area contributed by atoms with E-state index in [-0.39, 0.29) is 11.7 Å². The maximum Gasteiger partial charge on any atom is 0.274 e. The van der Waals surface area contributed by atoms with E-state index in [1.807, 2.05) is 4.90 Å². The molecular weight excluding hydrogens is 337 g/mol. The Morgan fingerprint density at radius 1 is 1.23 bits per heavy atom. The first-order valence-electron chi connectivity index (χ1n) is 8.30. The van der Waals surface area contributed by atoms with Crippen molar-refractivity contribution in [2.24, 2.45) is 0 Å². The van der Waals surface area contributed by atoms with E-state index in [0.29, 0.717) is 24.2 Å². The van der Waals surface area contributed by atoms with E-state index >= 15 is 0 Å². The number of benzene rings is 2. The van der Waals surface area contributed by atoms with Crippen LogP contribution in [0.3, 0.4) is 0 Å². The molecule has 0 bridgehead atoms. The summed E-state index contributed by atoms with van der Waals surface area (Å²) in [7, 11) is 0. The molecule has 7 heteroatoms. The fourth-order valence-electron chi connectivity index (χ4n) is 3.41. The fraction of sp³-hybridized carbons (Fsp3) is 0.263. The fourth-order valence-corrected chi connectivity index (χ4v) is 3.41. The van der Waals surface area contributed by atoms with Crippen molar-refractivity contribution in [3.8, 4) is 0 Å². The molecule has 0 saturated carbocycles. The van der Waals surface area contributed by atoms with Crippen LogP contribution in [0.25, 0.3) is 0 Å². The predicted octanol–water partition coefficient (Wildman–Crippen LogP) is 2.59. The smallest absolute Gasteiger partial charge is 0.274 e. The molecule has 6 nitrogen and oxygen atoms in total. The van der Waals surface area contributed by atoms with Gasteiger partial charge in [0.2, 0.25) is 5.91 Å². The summed E-state index contributed by atoms with van der Waals surface area (Å²) in [6.45, 7) is 4.18. The lowest BCUT2D eigenvalue weighted by Crippen LogP contribution is -2.38. The number of rotatable bonds is 4. The number of hydrogen-bond acceptors (Lipinski definition) is 4. The minimum atomic E-state index is -0.615. The standard InChI is InChI=1S/C19H20FN3O3/c1-11-9-14(20)10-12(2)17(11)23(16-7-8-21-19(16)25)15-5-3-13(4-6-15)18(24)22-26/h3-6,9-10,16,26H,7-8H2,1-2H3,(H,21,25)(H,22,24). The third-order valence-corrected chi connectivity index (χ3v) is 4.54. The molecular formula is C19H20FN3O3. The number of halogens is 1. The zero-order chi connectivity index (χ0) is 18.8. The van der Waals surface area contributed by atoms with Gasteiger partial charge in [-0.25, -0.2) is 9.87 Å². The lowest BCUT2D eigenvalue weighted by atomic mass is 10.0. The summed E-state index contributed by atoms with van der Waals surface area (Å²) in [5.41, 5.74) is 4.80. The van der Waals surface area contributed by atoms with Gasteiger partial charge in [-0.15, -0.1) is 0 Å². The van der Waals surface area contributed by atoms with Gasteiger partial charge in [0.15, 0.2) is 0 Å². The molecule has 3 rings (SSSR count). The summed E-state index contributed by atoms with van der Waals surface area (Å²) in [6, 6.07) is 9.00. The summed E-state index contributed by atoms with van der Waals surface area (Å²) in [6.07, 6.45) is 0.619. The third-order valence-electron chi connectivity index (χ3n) is 4.54. The molecule has 1 saturated heterocycles. The van der Waals surface area contributed by atoms with E-state index in [4.69, 9.17) is 5.21 Å². The van der Waals surface area contributed by atoms with Crippen molar-refractivity contribution in [1.29, 1.82) is 0 Å². The van der Waals surface area contributed by atoms with Gasteiger partial charge in [-0.3, -0.25) is 14.8 Å². The van der Waals surface area contributed by atoms with Gasteiger partial charge < -0.3 is 10.2 Å². The highest BCUT2D eigenvalue weighted by atomic mass is 19.1. The van der Waals surface area contributed by atoms with Crippen LogP contribution in [0.5, 0.6) is 0 Å². The van der Waals surface area contributed by atoms with Gasteiger partial charge in [0.1, 0.15) is 11.9 Å². The average Bonchev–Trinajstić information content (AvgIpc) is 3.03. The number of nitrogens with one attached hydrogen (secondary N) is 2. The van der Waals surface area contributed by atoms with E-state index < -0.39 is 11.9 Å². The Morgan fingerprint density at radius 2 is 1.85 bits per heavy atom. The SMILES string of the molecule is Cc1cc(F)cc(C)c1N(c1ccc(C(=O)NO)cc1)C1CCNC1=O. The maximum absolute atomic E-state index is 13.7. The number of hydrogen-bond donors (Lipinski definition) is 3. The highest BCUT2D eigenvalue weighted by Crippen LogP contribution is 2.36. The molecule has 26 heavy (non-hydrogen) atoms. The molecule has 1 fully saturated rings. The van der Waals surface area contributed by atoms with Crippen molar-refractivity contribution in [3.05, 3.63) is 58.9 Å². The van der Waals surface area contributed by atoms with Crippen molar-refractivity contribution in [2.75, 3.05) is 11.4 Å². The summed E-state index contributed by atoms with van der Waals surface area (Å²) in [5.74, 6) is -1.03. The van der Waals surface area contributed by atoms with Gasteiger partial charge in [0.25, 0.3) is 5.91 Å². The molecule has 1 unspecified atom stereocenters. The molecule has 2 amide bonds. The molecule has 1 aliphatic rings. The Balaban J connectivity index is 2.11. The number of aryl methyl sites for hydroxylation is 2. The highest BCUT2D eigenvalue weighted by molar-refractivity contribution is 5.94. The minimum Gasteiger partial charge on any atom is -0.354 e. The largest absolute Gasteiger partial charge is 0.354 e. The molecule has 2 aromatic rings. The molecule has 3 N–H and O–H groups in total. The number of carbonyl (C=O) groups excluding carboxylic acids is 2. The normalized spacial score (nSPS) is 16.3. The van der Waals surface area contributed by atoms with E-state index in [9.17, 15) is 14.0 Å². The van der Waals surface area contributed by atoms with Gasteiger partial charge in [-0.1, -0.05) is 0 Å². The highest BCUT2D eigenvalue weighted by Gasteiger charge is 2.33. The Bertz CT molecular complexity index is 829. The zero-order valence-electron chi connectivity index (χ0n) is 14.5. The van der Waals surface area contributed by atoms with Crippen LogP contribution in [0.15, 0.2) is 36.4 Å². The second kappa shape index (κ2) is 7.13. The van der Waals surface area contributed by atoms with Gasteiger partial charge in [0.05, 0.1) is 0 Å². The van der Waals surface area contributed by atoms with Gasteiger partial charge in [-0.05, 0) is 67.8 Å². The molecule has 1 aliphatic heterocycles. The molecule has 0 spiro atoms. The van der Waals surface area contributed by atoms with Crippen LogP contribution in [0.4, 0.5) is 15.8 Å². The lowest BCUT2D eigenvalue weighted by Gasteiger charge is -2.32. The van der Waals surface area contributed by atoms with Crippen molar-refractivity contribution in [1.82, 2.24) is 10.8 Å². The van der Waals surface area contributed by atoms with E-state index in [1.54, 1.807) is 43.6 Å². The van der Waals surface area contributed by atoms with Gasteiger partial charge >= 0.3 is 0 Å². The summed E-state index contributed by atoms with van der Waals surface area (Å²) < 4.78 is 13.7. The van der Waals surface area contributed by atoms with Crippen LogP contribution in [0.1, 0.15) is 27.9 Å². The van der Waals surface area contributed by atoms with Crippen molar-refractivity contribution in [3.63, 3.8) is 0 Å². The monoisotopic (exact) mass is 357 g/mol. The predicted molar refractivity (Wildman–Crippen MR) is 95.1 cm³/mol. The molecule has 1 atom stereocenters. The summed E-state index contributed by atoms with van der Waals surface area (Å²) in [4.78, 5) is 25.8. The molecule has 0 aliphatic carbocycles. The van der Waals surface area contributed by atoms with Crippen LogP contribution in [0, 0.1) is 19.7 Å². The quantitative estimate of drug-likeness (QED) is 0.580. The number of amides is 2. The number of anilines is 2. The van der Waals surface area contributed by atoms with Crippen LogP contribution < -0.4 is 15.7 Å². The lowest BCUT2D eigenvalue weighted by molar-refractivity contribution is -0.120. The van der Waals surface area contributed by atoms with E-state index in [2.05, 4.69) is 5.32 Å². The molecule has 2 aromatic carbocycles. The van der Waals surface area contributed by atoms with Crippen molar-refractivity contribution in [2.45, 2.75) is 26.3 Å². The van der Waals surface area contributed by atoms with Crippen LogP contribution >= 0.6 is 0 Å². The maximum atomic E-state index is 13.7. The molecule has 136 valence electrons. The van der Waals surface area contributed by atoms with E-state index in [1.165, 1.54) is 12.1 Å². The Hall–Kier alpha value is -2.93. The van der Waals surface area contributed by atoms with Crippen molar-refractivity contribution < 1.29 is 19.2 Å². The number of hydroxylamine groups is 1. The Labute approximate surface area is 150 Å². The first-order valence-corrected chi connectivity index (χ1v) is 8.30. The topological polar surface area (TPSA) is 81.7 Å². The van der Waals surface area contributed by atoms with Crippen LogP contribution in [-0.2, 0) is 4.79 Å². The van der Waals surface area contributed by atoms with Crippen molar-refractivity contribution >= 4 is 23.2 Å².